The number of piperidine rings is 1. The molecule has 2 heterocycles. The van der Waals surface area contributed by atoms with Gasteiger partial charge in [-0.1, -0.05) is 0 Å². The van der Waals surface area contributed by atoms with E-state index < -0.39 is 17.6 Å². The Balaban J connectivity index is 1.54. The molecule has 0 spiro atoms. The number of primary amides is 1. The van der Waals surface area contributed by atoms with Crippen LogP contribution in [0.25, 0.3) is 0 Å². The lowest BCUT2D eigenvalue weighted by Crippen LogP contribution is -2.38. The molecule has 1 fully saturated rings. The lowest BCUT2D eigenvalue weighted by atomic mass is 9.95. The maximum Gasteiger partial charge on any atom is 0.417 e. The minimum absolute atomic E-state index is 0.133. The number of pyridine rings is 1. The fourth-order valence-electron chi connectivity index (χ4n) is 3.07. The Kier molecular flexibility index (Phi) is 5.53. The van der Waals surface area contributed by atoms with Crippen molar-refractivity contribution >= 4 is 23.3 Å². The third-order valence-corrected chi connectivity index (χ3v) is 4.70. The van der Waals surface area contributed by atoms with Gasteiger partial charge in [0.2, 0.25) is 11.8 Å². The van der Waals surface area contributed by atoms with Gasteiger partial charge in [0.1, 0.15) is 5.82 Å². The SMILES string of the molecule is NC(=O)c1ccc(NC(=O)C2CCN(c3ccc(C(F)(F)F)cn3)CC2)cc1. The normalized spacial score (nSPS) is 15.3. The number of nitrogens with one attached hydrogen (secondary N) is 1. The zero-order valence-corrected chi connectivity index (χ0v) is 14.9. The summed E-state index contributed by atoms with van der Waals surface area (Å²) in [5.41, 5.74) is 5.32. The van der Waals surface area contributed by atoms with Crippen molar-refractivity contribution in [1.82, 2.24) is 4.98 Å². The topological polar surface area (TPSA) is 88.3 Å². The van der Waals surface area contributed by atoms with Crippen LogP contribution in [0.1, 0.15) is 28.8 Å². The van der Waals surface area contributed by atoms with Gasteiger partial charge in [0, 0.05) is 36.5 Å². The molecule has 3 N–H and O–H groups in total. The zero-order valence-electron chi connectivity index (χ0n) is 14.9. The fraction of sp³-hybridized carbons (Fsp3) is 0.316. The van der Waals surface area contributed by atoms with E-state index in [1.807, 2.05) is 4.90 Å². The molecule has 0 saturated carbocycles. The van der Waals surface area contributed by atoms with E-state index in [1.165, 1.54) is 18.2 Å². The monoisotopic (exact) mass is 392 g/mol. The fourth-order valence-corrected chi connectivity index (χ4v) is 3.07. The first-order chi connectivity index (χ1) is 13.2. The van der Waals surface area contributed by atoms with Crippen LogP contribution in [0.5, 0.6) is 0 Å². The van der Waals surface area contributed by atoms with Gasteiger partial charge in [0.05, 0.1) is 5.56 Å². The molecule has 28 heavy (non-hydrogen) atoms. The number of nitrogens with two attached hydrogens (primary N) is 1. The Morgan fingerprint density at radius 1 is 1.07 bits per heavy atom. The van der Waals surface area contributed by atoms with Crippen LogP contribution < -0.4 is 16.0 Å². The smallest absolute Gasteiger partial charge is 0.366 e. The quantitative estimate of drug-likeness (QED) is 0.837. The molecule has 2 aromatic rings. The van der Waals surface area contributed by atoms with Crippen molar-refractivity contribution in [3.05, 3.63) is 53.7 Å². The molecule has 1 aromatic carbocycles. The average molecular weight is 392 g/mol. The molecule has 2 amide bonds. The van der Waals surface area contributed by atoms with Gasteiger partial charge >= 0.3 is 6.18 Å². The van der Waals surface area contributed by atoms with E-state index in [4.69, 9.17) is 5.73 Å². The summed E-state index contributed by atoms with van der Waals surface area (Å²) in [6.07, 6.45) is -2.46. The molecule has 9 heteroatoms. The van der Waals surface area contributed by atoms with Gasteiger partial charge in [-0.05, 0) is 49.2 Å². The summed E-state index contributed by atoms with van der Waals surface area (Å²) in [4.78, 5) is 29.3. The van der Waals surface area contributed by atoms with E-state index in [9.17, 15) is 22.8 Å². The highest BCUT2D eigenvalue weighted by molar-refractivity contribution is 5.95. The highest BCUT2D eigenvalue weighted by Crippen LogP contribution is 2.30. The molecule has 1 aliphatic heterocycles. The van der Waals surface area contributed by atoms with Crippen molar-refractivity contribution in [3.63, 3.8) is 0 Å². The van der Waals surface area contributed by atoms with Gasteiger partial charge in [-0.15, -0.1) is 0 Å². The van der Waals surface area contributed by atoms with Gasteiger partial charge < -0.3 is 16.0 Å². The number of amides is 2. The molecule has 1 aliphatic rings. The number of halogens is 3. The predicted octanol–water partition coefficient (Wildman–Crippen LogP) is 3.05. The molecule has 6 nitrogen and oxygen atoms in total. The minimum Gasteiger partial charge on any atom is -0.366 e. The first kappa shape index (κ1) is 19.7. The summed E-state index contributed by atoms with van der Waals surface area (Å²) >= 11 is 0. The number of nitrogens with zero attached hydrogens (tertiary/aromatic N) is 2. The van der Waals surface area contributed by atoms with Gasteiger partial charge in [0.25, 0.3) is 0 Å². The number of rotatable bonds is 4. The molecular weight excluding hydrogens is 373 g/mol. The van der Waals surface area contributed by atoms with Crippen molar-refractivity contribution in [1.29, 1.82) is 0 Å². The molecule has 0 bridgehead atoms. The second-order valence-electron chi connectivity index (χ2n) is 6.60. The maximum absolute atomic E-state index is 12.6. The summed E-state index contributed by atoms with van der Waals surface area (Å²) in [5.74, 6) is -0.413. The number of benzene rings is 1. The van der Waals surface area contributed by atoms with Crippen LogP contribution in [0.4, 0.5) is 24.7 Å². The van der Waals surface area contributed by atoms with Crippen molar-refractivity contribution in [2.75, 3.05) is 23.3 Å². The zero-order chi connectivity index (χ0) is 20.3. The van der Waals surface area contributed by atoms with Crippen molar-refractivity contribution in [2.45, 2.75) is 19.0 Å². The highest BCUT2D eigenvalue weighted by atomic mass is 19.4. The Morgan fingerprint density at radius 3 is 2.21 bits per heavy atom. The van der Waals surface area contributed by atoms with Crippen molar-refractivity contribution in [3.8, 4) is 0 Å². The summed E-state index contributed by atoms with van der Waals surface area (Å²) < 4.78 is 37.9. The van der Waals surface area contributed by atoms with Crippen molar-refractivity contribution < 1.29 is 22.8 Å². The number of anilines is 2. The molecule has 0 atom stereocenters. The second-order valence-corrected chi connectivity index (χ2v) is 6.60. The Labute approximate surface area is 159 Å². The molecule has 1 saturated heterocycles. The van der Waals surface area contributed by atoms with Crippen LogP contribution in [-0.4, -0.2) is 29.9 Å². The Hall–Kier alpha value is -3.10. The first-order valence-corrected chi connectivity index (χ1v) is 8.73. The first-order valence-electron chi connectivity index (χ1n) is 8.73. The number of alkyl halides is 3. The summed E-state index contributed by atoms with van der Waals surface area (Å²) in [6.45, 7) is 1.05. The largest absolute Gasteiger partial charge is 0.417 e. The standard InChI is InChI=1S/C19H19F3N4O2/c20-19(21,22)14-3-6-16(24-11-14)26-9-7-13(8-10-26)18(28)25-15-4-1-12(2-5-15)17(23)27/h1-6,11,13H,7-10H2,(H2,23,27)(H,25,28). The van der Waals surface area contributed by atoms with Crippen molar-refractivity contribution in [2.24, 2.45) is 11.7 Å². The van der Waals surface area contributed by atoms with Crippen LogP contribution in [0, 0.1) is 5.92 Å². The van der Waals surface area contributed by atoms with Gasteiger partial charge in [-0.3, -0.25) is 9.59 Å². The molecule has 0 unspecified atom stereocenters. The maximum atomic E-state index is 12.6. The van der Waals surface area contributed by atoms with E-state index >= 15 is 0 Å². The Bertz CT molecular complexity index is 843. The second kappa shape index (κ2) is 7.87. The molecular formula is C19H19F3N4O2. The number of carbonyl (C=O) groups is 2. The molecule has 148 valence electrons. The molecule has 3 rings (SSSR count). The third-order valence-electron chi connectivity index (χ3n) is 4.70. The number of aromatic nitrogens is 1. The van der Waals surface area contributed by atoms with Gasteiger partial charge in [-0.2, -0.15) is 13.2 Å². The summed E-state index contributed by atoms with van der Waals surface area (Å²) in [5, 5.41) is 2.81. The number of hydrogen-bond donors (Lipinski definition) is 2. The average Bonchev–Trinajstić information content (AvgIpc) is 2.68. The van der Waals surface area contributed by atoms with Crippen LogP contribution in [-0.2, 0) is 11.0 Å². The highest BCUT2D eigenvalue weighted by Gasteiger charge is 2.31. The van der Waals surface area contributed by atoms with Gasteiger partial charge in [0.15, 0.2) is 0 Å². The van der Waals surface area contributed by atoms with E-state index in [0.717, 1.165) is 12.3 Å². The van der Waals surface area contributed by atoms with E-state index in [-0.39, 0.29) is 11.8 Å². The van der Waals surface area contributed by atoms with Crippen LogP contribution in [0.2, 0.25) is 0 Å². The summed E-state index contributed by atoms with van der Waals surface area (Å²) in [7, 11) is 0. The van der Waals surface area contributed by atoms with E-state index in [0.29, 0.717) is 43.0 Å². The van der Waals surface area contributed by atoms with Crippen LogP contribution in [0.15, 0.2) is 42.6 Å². The van der Waals surface area contributed by atoms with E-state index in [1.54, 1.807) is 12.1 Å². The lowest BCUT2D eigenvalue weighted by Gasteiger charge is -2.32. The lowest BCUT2D eigenvalue weighted by molar-refractivity contribution is -0.137. The minimum atomic E-state index is -4.41. The number of carbonyl (C=O) groups excluding carboxylic acids is 2. The van der Waals surface area contributed by atoms with E-state index in [2.05, 4.69) is 10.3 Å². The third kappa shape index (κ3) is 4.59. The molecule has 0 aliphatic carbocycles. The Morgan fingerprint density at radius 2 is 1.71 bits per heavy atom. The predicted molar refractivity (Wildman–Crippen MR) is 97.8 cm³/mol. The number of hydrogen-bond acceptors (Lipinski definition) is 4. The molecule has 0 radical (unpaired) electrons. The van der Waals surface area contributed by atoms with Gasteiger partial charge in [-0.25, -0.2) is 4.98 Å². The molecule has 1 aromatic heterocycles. The van der Waals surface area contributed by atoms with Crippen LogP contribution >= 0.6 is 0 Å². The van der Waals surface area contributed by atoms with Crippen LogP contribution in [0.3, 0.4) is 0 Å². The summed E-state index contributed by atoms with van der Waals surface area (Å²) in [6, 6.07) is 8.66.